The maximum absolute atomic E-state index is 12.2. The average molecular weight is 298 g/mol. The summed E-state index contributed by atoms with van der Waals surface area (Å²) in [6.07, 6.45) is 1.11. The lowest BCUT2D eigenvalue weighted by Crippen LogP contribution is -2.29. The second kappa shape index (κ2) is 5.19. The highest BCUT2D eigenvalue weighted by atomic mass is 79.9. The maximum atomic E-state index is 12.2. The molecule has 0 aromatic heterocycles. The van der Waals surface area contributed by atoms with Crippen LogP contribution in [0, 0.1) is 6.92 Å². The van der Waals surface area contributed by atoms with Crippen molar-refractivity contribution >= 4 is 21.8 Å². The zero-order valence-corrected chi connectivity index (χ0v) is 11.7. The normalized spacial score (nSPS) is 19.7. The van der Waals surface area contributed by atoms with E-state index in [1.807, 2.05) is 30.0 Å². The highest BCUT2D eigenvalue weighted by Gasteiger charge is 2.26. The Morgan fingerprint density at radius 3 is 2.88 bits per heavy atom. The first kappa shape index (κ1) is 12.6. The van der Waals surface area contributed by atoms with E-state index in [2.05, 4.69) is 15.9 Å². The molecule has 1 aromatic carbocycles. The number of rotatable bonds is 2. The monoisotopic (exact) mass is 297 g/mol. The van der Waals surface area contributed by atoms with E-state index in [0.717, 1.165) is 28.6 Å². The molecule has 0 saturated carbocycles. The molecule has 0 N–H and O–H groups in total. The molecule has 1 atom stereocenters. The van der Waals surface area contributed by atoms with Gasteiger partial charge in [0.1, 0.15) is 0 Å². The number of ether oxygens (including phenoxy) is 1. The number of likely N-dealkylation sites (tertiary alicyclic amines) is 1. The van der Waals surface area contributed by atoms with Gasteiger partial charge in [-0.3, -0.25) is 4.79 Å². The van der Waals surface area contributed by atoms with Crippen molar-refractivity contribution in [2.24, 2.45) is 0 Å². The fourth-order valence-electron chi connectivity index (χ4n) is 2.01. The van der Waals surface area contributed by atoms with Gasteiger partial charge >= 0.3 is 0 Å². The molecule has 4 heteroatoms. The highest BCUT2D eigenvalue weighted by molar-refractivity contribution is 9.10. The molecule has 1 saturated heterocycles. The average Bonchev–Trinajstić information content (AvgIpc) is 2.80. The van der Waals surface area contributed by atoms with Crippen molar-refractivity contribution in [2.45, 2.75) is 19.4 Å². The van der Waals surface area contributed by atoms with E-state index in [9.17, 15) is 4.79 Å². The molecule has 92 valence electrons. The van der Waals surface area contributed by atoms with E-state index in [1.165, 1.54) is 0 Å². The molecule has 0 aliphatic carbocycles. The first-order valence-electron chi connectivity index (χ1n) is 5.70. The van der Waals surface area contributed by atoms with E-state index in [1.54, 1.807) is 7.11 Å². The van der Waals surface area contributed by atoms with Gasteiger partial charge in [-0.2, -0.15) is 0 Å². The number of carbonyl (C=O) groups is 1. The topological polar surface area (TPSA) is 29.5 Å². The molecular weight excluding hydrogens is 282 g/mol. The second-order valence-electron chi connectivity index (χ2n) is 4.36. The number of hydrogen-bond acceptors (Lipinski definition) is 2. The van der Waals surface area contributed by atoms with Gasteiger partial charge in [-0.1, -0.05) is 22.0 Å². The van der Waals surface area contributed by atoms with E-state index >= 15 is 0 Å². The van der Waals surface area contributed by atoms with Crippen LogP contribution >= 0.6 is 15.9 Å². The van der Waals surface area contributed by atoms with Gasteiger partial charge in [-0.25, -0.2) is 0 Å². The number of benzene rings is 1. The number of nitrogens with zero attached hydrogens (tertiary/aromatic N) is 1. The van der Waals surface area contributed by atoms with Crippen LogP contribution in [-0.2, 0) is 4.74 Å². The molecule has 1 heterocycles. The lowest BCUT2D eigenvalue weighted by atomic mass is 10.1. The van der Waals surface area contributed by atoms with Crippen molar-refractivity contribution in [1.29, 1.82) is 0 Å². The van der Waals surface area contributed by atoms with Crippen LogP contribution in [0.3, 0.4) is 0 Å². The van der Waals surface area contributed by atoms with Crippen molar-refractivity contribution < 1.29 is 9.53 Å². The minimum atomic E-state index is 0.0882. The molecule has 0 radical (unpaired) electrons. The number of amides is 1. The number of halogens is 1. The van der Waals surface area contributed by atoms with E-state index in [-0.39, 0.29) is 12.0 Å². The summed E-state index contributed by atoms with van der Waals surface area (Å²) in [6, 6.07) is 5.72. The minimum Gasteiger partial charge on any atom is -0.380 e. The zero-order valence-electron chi connectivity index (χ0n) is 10.1. The molecule has 17 heavy (non-hydrogen) atoms. The smallest absolute Gasteiger partial charge is 0.253 e. The predicted octanol–water partition coefficient (Wildman–Crippen LogP) is 2.62. The van der Waals surface area contributed by atoms with Gasteiger partial charge < -0.3 is 9.64 Å². The summed E-state index contributed by atoms with van der Waals surface area (Å²) in [4.78, 5) is 14.1. The van der Waals surface area contributed by atoms with Crippen LogP contribution in [0.5, 0.6) is 0 Å². The Hall–Kier alpha value is -0.870. The number of carbonyl (C=O) groups excluding carboxylic acids is 1. The van der Waals surface area contributed by atoms with Crippen LogP contribution in [0.2, 0.25) is 0 Å². The first-order chi connectivity index (χ1) is 8.11. The molecular formula is C13H16BrNO2. The predicted molar refractivity (Wildman–Crippen MR) is 70.2 cm³/mol. The molecule has 3 nitrogen and oxygen atoms in total. The summed E-state index contributed by atoms with van der Waals surface area (Å²) in [5.41, 5.74) is 1.87. The third-order valence-electron chi connectivity index (χ3n) is 3.18. The fourth-order valence-corrected chi connectivity index (χ4v) is 2.39. The van der Waals surface area contributed by atoms with Gasteiger partial charge in [0.2, 0.25) is 0 Å². The first-order valence-corrected chi connectivity index (χ1v) is 6.49. The van der Waals surface area contributed by atoms with Gasteiger partial charge in [0.05, 0.1) is 6.10 Å². The molecule has 0 spiro atoms. The van der Waals surface area contributed by atoms with Gasteiger partial charge in [-0.15, -0.1) is 0 Å². The molecule has 1 fully saturated rings. The Kier molecular flexibility index (Phi) is 3.84. The minimum absolute atomic E-state index is 0.0882. The lowest BCUT2D eigenvalue weighted by molar-refractivity contribution is 0.0724. The summed E-state index contributed by atoms with van der Waals surface area (Å²) in [7, 11) is 1.70. The van der Waals surface area contributed by atoms with Crippen LogP contribution in [0.4, 0.5) is 0 Å². The third-order valence-corrected chi connectivity index (χ3v) is 4.04. The van der Waals surface area contributed by atoms with Crippen LogP contribution in [-0.4, -0.2) is 37.1 Å². The quantitative estimate of drug-likeness (QED) is 0.840. The molecule has 1 aliphatic rings. The summed E-state index contributed by atoms with van der Waals surface area (Å²) < 4.78 is 6.24. The van der Waals surface area contributed by atoms with Gasteiger partial charge in [0, 0.05) is 30.2 Å². The van der Waals surface area contributed by atoms with Crippen molar-refractivity contribution in [3.05, 3.63) is 33.8 Å². The fraction of sp³-hybridized carbons (Fsp3) is 0.462. The summed E-state index contributed by atoms with van der Waals surface area (Å²) >= 11 is 3.45. The third kappa shape index (κ3) is 2.69. The maximum Gasteiger partial charge on any atom is 0.253 e. The van der Waals surface area contributed by atoms with Crippen molar-refractivity contribution in [1.82, 2.24) is 4.90 Å². The highest BCUT2D eigenvalue weighted by Crippen LogP contribution is 2.20. The van der Waals surface area contributed by atoms with E-state index < -0.39 is 0 Å². The van der Waals surface area contributed by atoms with Crippen LogP contribution in [0.15, 0.2) is 22.7 Å². The summed E-state index contributed by atoms with van der Waals surface area (Å²) in [5.74, 6) is 0.0882. The molecule has 1 aliphatic heterocycles. The van der Waals surface area contributed by atoms with Crippen LogP contribution in [0.1, 0.15) is 22.3 Å². The number of hydrogen-bond donors (Lipinski definition) is 0. The van der Waals surface area contributed by atoms with E-state index in [4.69, 9.17) is 4.74 Å². The van der Waals surface area contributed by atoms with Gasteiger partial charge in [-0.05, 0) is 31.0 Å². The molecule has 1 amide bonds. The molecule has 1 unspecified atom stereocenters. The van der Waals surface area contributed by atoms with Gasteiger partial charge in [0.25, 0.3) is 5.91 Å². The van der Waals surface area contributed by atoms with Gasteiger partial charge in [0.15, 0.2) is 0 Å². The van der Waals surface area contributed by atoms with Crippen molar-refractivity contribution in [3.63, 3.8) is 0 Å². The Morgan fingerprint density at radius 2 is 2.29 bits per heavy atom. The standard InChI is InChI=1S/C13H16BrNO2/c1-9-3-4-10(7-12(9)14)13(16)15-6-5-11(8-15)17-2/h3-4,7,11H,5-6,8H2,1-2H3. The molecule has 2 rings (SSSR count). The Labute approximate surface area is 110 Å². The largest absolute Gasteiger partial charge is 0.380 e. The molecule has 0 bridgehead atoms. The van der Waals surface area contributed by atoms with Crippen LogP contribution < -0.4 is 0 Å². The second-order valence-corrected chi connectivity index (χ2v) is 5.22. The summed E-state index contributed by atoms with van der Waals surface area (Å²) in [6.45, 7) is 3.48. The Morgan fingerprint density at radius 1 is 1.53 bits per heavy atom. The Balaban J connectivity index is 2.12. The van der Waals surface area contributed by atoms with Crippen LogP contribution in [0.25, 0.3) is 0 Å². The zero-order chi connectivity index (χ0) is 12.4. The van der Waals surface area contributed by atoms with Crippen molar-refractivity contribution in [3.8, 4) is 0 Å². The summed E-state index contributed by atoms with van der Waals surface area (Å²) in [5, 5.41) is 0. The SMILES string of the molecule is COC1CCN(C(=O)c2ccc(C)c(Br)c2)C1. The van der Waals surface area contributed by atoms with E-state index in [0.29, 0.717) is 6.54 Å². The molecule has 1 aromatic rings. The number of aryl methyl sites for hydroxylation is 1. The number of methoxy groups -OCH3 is 1. The lowest BCUT2D eigenvalue weighted by Gasteiger charge is -2.16. The Bertz CT molecular complexity index is 433. The van der Waals surface area contributed by atoms with Crippen molar-refractivity contribution in [2.75, 3.05) is 20.2 Å².